The minimum atomic E-state index is -0.477. The number of carbonyl (C=O) groups excluding carboxylic acids is 1. The lowest BCUT2D eigenvalue weighted by molar-refractivity contribution is -0.112. The summed E-state index contributed by atoms with van der Waals surface area (Å²) >= 11 is 1.33. The number of fused-ring (bicyclic) bond motifs is 1. The molecule has 6 heteroatoms. The maximum absolute atomic E-state index is 12.4. The Morgan fingerprint density at radius 1 is 1.24 bits per heavy atom. The van der Waals surface area contributed by atoms with Crippen LogP contribution in [-0.4, -0.2) is 16.1 Å². The fourth-order valence-electron chi connectivity index (χ4n) is 2.46. The van der Waals surface area contributed by atoms with E-state index >= 15 is 0 Å². The van der Waals surface area contributed by atoms with Gasteiger partial charge < -0.3 is 0 Å². The summed E-state index contributed by atoms with van der Waals surface area (Å²) in [6.07, 6.45) is 3.39. The zero-order valence-electron chi connectivity index (χ0n) is 13.7. The molecule has 0 spiro atoms. The number of hydrogen-bond donors (Lipinski definition) is 1. The molecule has 0 saturated carbocycles. The second-order valence-electron chi connectivity index (χ2n) is 5.44. The molecule has 124 valence electrons. The number of amides is 1. The van der Waals surface area contributed by atoms with E-state index < -0.39 is 5.91 Å². The SMILES string of the molecule is CCCc1nnc(NC(=O)/C(C#N)=C\c2cccc3ccccc23)s1. The number of aryl methyl sites for hydroxylation is 1. The summed E-state index contributed by atoms with van der Waals surface area (Å²) in [5.41, 5.74) is 0.859. The van der Waals surface area contributed by atoms with Crippen LogP contribution in [0.25, 0.3) is 16.8 Å². The summed E-state index contributed by atoms with van der Waals surface area (Å²) < 4.78 is 0. The van der Waals surface area contributed by atoms with Gasteiger partial charge in [-0.25, -0.2) is 0 Å². The molecular weight excluding hydrogens is 332 g/mol. The number of benzene rings is 2. The van der Waals surface area contributed by atoms with Gasteiger partial charge in [0.05, 0.1) is 0 Å². The Hall–Kier alpha value is -3.04. The van der Waals surface area contributed by atoms with E-state index in [1.807, 2.05) is 48.5 Å². The number of nitrogens with one attached hydrogen (secondary N) is 1. The monoisotopic (exact) mass is 348 g/mol. The normalized spacial score (nSPS) is 11.3. The molecule has 0 aliphatic carbocycles. The molecule has 1 N–H and O–H groups in total. The molecule has 0 atom stereocenters. The number of hydrogen-bond acceptors (Lipinski definition) is 5. The number of aromatic nitrogens is 2. The van der Waals surface area contributed by atoms with Crippen molar-refractivity contribution in [2.75, 3.05) is 5.32 Å². The number of carbonyl (C=O) groups is 1. The third-order valence-electron chi connectivity index (χ3n) is 3.64. The van der Waals surface area contributed by atoms with Gasteiger partial charge in [0.25, 0.3) is 5.91 Å². The number of nitriles is 1. The highest BCUT2D eigenvalue weighted by atomic mass is 32.1. The van der Waals surface area contributed by atoms with Gasteiger partial charge in [0, 0.05) is 6.42 Å². The van der Waals surface area contributed by atoms with Gasteiger partial charge in [0.15, 0.2) is 0 Å². The highest BCUT2D eigenvalue weighted by Crippen LogP contribution is 2.22. The first-order valence-electron chi connectivity index (χ1n) is 7.94. The van der Waals surface area contributed by atoms with Gasteiger partial charge in [0.2, 0.25) is 5.13 Å². The van der Waals surface area contributed by atoms with E-state index in [1.165, 1.54) is 11.3 Å². The summed E-state index contributed by atoms with van der Waals surface area (Å²) in [7, 11) is 0. The van der Waals surface area contributed by atoms with E-state index in [0.717, 1.165) is 34.2 Å². The Labute approximate surface area is 149 Å². The molecule has 1 aromatic heterocycles. The lowest BCUT2D eigenvalue weighted by Gasteiger charge is -2.03. The Morgan fingerprint density at radius 3 is 2.84 bits per heavy atom. The predicted molar refractivity (Wildman–Crippen MR) is 100 cm³/mol. The molecule has 3 rings (SSSR count). The molecule has 5 nitrogen and oxygen atoms in total. The maximum Gasteiger partial charge on any atom is 0.268 e. The third kappa shape index (κ3) is 3.90. The summed E-state index contributed by atoms with van der Waals surface area (Å²) in [4.78, 5) is 12.4. The zero-order valence-corrected chi connectivity index (χ0v) is 14.5. The Bertz CT molecular complexity index is 979. The van der Waals surface area contributed by atoms with Crippen molar-refractivity contribution < 1.29 is 4.79 Å². The summed E-state index contributed by atoms with van der Waals surface area (Å²) in [6.45, 7) is 2.06. The highest BCUT2D eigenvalue weighted by molar-refractivity contribution is 7.15. The van der Waals surface area contributed by atoms with Crippen LogP contribution < -0.4 is 5.32 Å². The molecule has 0 fully saturated rings. The fourth-order valence-corrected chi connectivity index (χ4v) is 3.30. The first kappa shape index (κ1) is 16.8. The van der Waals surface area contributed by atoms with Crippen LogP contribution in [0, 0.1) is 11.3 Å². The van der Waals surface area contributed by atoms with Crippen LogP contribution in [0.1, 0.15) is 23.9 Å². The van der Waals surface area contributed by atoms with Crippen molar-refractivity contribution in [1.29, 1.82) is 5.26 Å². The fraction of sp³-hybridized carbons (Fsp3) is 0.158. The minimum Gasteiger partial charge on any atom is -0.296 e. The molecule has 0 bridgehead atoms. The standard InChI is InChI=1S/C19H16N4OS/c1-2-6-17-22-23-19(25-17)21-18(24)15(12-20)11-14-9-5-8-13-7-3-4-10-16(13)14/h3-5,7-11H,2,6H2,1H3,(H,21,23,24)/b15-11-. The molecule has 0 aliphatic rings. The number of anilines is 1. The van der Waals surface area contributed by atoms with E-state index in [4.69, 9.17) is 0 Å². The summed E-state index contributed by atoms with van der Waals surface area (Å²) in [5.74, 6) is -0.477. The van der Waals surface area contributed by atoms with Gasteiger partial charge in [-0.1, -0.05) is 60.7 Å². The van der Waals surface area contributed by atoms with Crippen molar-refractivity contribution >= 4 is 39.2 Å². The minimum absolute atomic E-state index is 0.0311. The van der Waals surface area contributed by atoms with Crippen molar-refractivity contribution in [2.45, 2.75) is 19.8 Å². The Kier molecular flexibility index (Phi) is 5.17. The predicted octanol–water partition coefficient (Wildman–Crippen LogP) is 4.19. The zero-order chi connectivity index (χ0) is 17.6. The molecule has 3 aromatic rings. The van der Waals surface area contributed by atoms with E-state index in [-0.39, 0.29) is 5.57 Å². The van der Waals surface area contributed by atoms with Gasteiger partial charge in [0.1, 0.15) is 16.6 Å². The smallest absolute Gasteiger partial charge is 0.268 e. The molecule has 0 aliphatic heterocycles. The van der Waals surface area contributed by atoms with E-state index in [2.05, 4.69) is 22.4 Å². The van der Waals surface area contributed by atoms with Crippen molar-refractivity contribution in [3.8, 4) is 6.07 Å². The molecule has 2 aromatic carbocycles. The van der Waals surface area contributed by atoms with Crippen molar-refractivity contribution in [3.63, 3.8) is 0 Å². The average molecular weight is 348 g/mol. The van der Waals surface area contributed by atoms with Gasteiger partial charge in [-0.2, -0.15) is 5.26 Å². The first-order chi connectivity index (χ1) is 12.2. The van der Waals surface area contributed by atoms with Crippen LogP contribution in [0.5, 0.6) is 0 Å². The van der Waals surface area contributed by atoms with Crippen LogP contribution in [0.4, 0.5) is 5.13 Å². The van der Waals surface area contributed by atoms with Crippen LogP contribution in [-0.2, 0) is 11.2 Å². The number of rotatable bonds is 5. The van der Waals surface area contributed by atoms with Crippen molar-refractivity contribution in [1.82, 2.24) is 10.2 Å². The molecular formula is C19H16N4OS. The number of nitrogens with zero attached hydrogens (tertiary/aromatic N) is 3. The molecule has 0 unspecified atom stereocenters. The van der Waals surface area contributed by atoms with E-state index in [0.29, 0.717) is 5.13 Å². The van der Waals surface area contributed by atoms with Crippen LogP contribution in [0.2, 0.25) is 0 Å². The summed E-state index contributed by atoms with van der Waals surface area (Å²) in [6, 6.07) is 15.6. The maximum atomic E-state index is 12.4. The van der Waals surface area contributed by atoms with Gasteiger partial charge in [-0.05, 0) is 28.8 Å². The van der Waals surface area contributed by atoms with E-state index in [1.54, 1.807) is 6.08 Å². The van der Waals surface area contributed by atoms with Crippen LogP contribution >= 0.6 is 11.3 Å². The Balaban J connectivity index is 1.86. The third-order valence-corrected chi connectivity index (χ3v) is 4.54. The van der Waals surface area contributed by atoms with E-state index in [9.17, 15) is 10.1 Å². The molecule has 1 amide bonds. The highest BCUT2D eigenvalue weighted by Gasteiger charge is 2.13. The lowest BCUT2D eigenvalue weighted by atomic mass is 10.0. The largest absolute Gasteiger partial charge is 0.296 e. The van der Waals surface area contributed by atoms with Gasteiger partial charge in [-0.3, -0.25) is 10.1 Å². The van der Waals surface area contributed by atoms with Crippen LogP contribution in [0.15, 0.2) is 48.0 Å². The van der Waals surface area contributed by atoms with Crippen molar-refractivity contribution in [2.24, 2.45) is 0 Å². The molecule has 1 heterocycles. The van der Waals surface area contributed by atoms with Gasteiger partial charge >= 0.3 is 0 Å². The molecule has 25 heavy (non-hydrogen) atoms. The summed E-state index contributed by atoms with van der Waals surface area (Å²) in [5, 5.41) is 23.3. The molecule has 0 radical (unpaired) electrons. The lowest BCUT2D eigenvalue weighted by Crippen LogP contribution is -2.13. The van der Waals surface area contributed by atoms with Crippen LogP contribution in [0.3, 0.4) is 0 Å². The second-order valence-corrected chi connectivity index (χ2v) is 6.51. The Morgan fingerprint density at radius 2 is 2.04 bits per heavy atom. The topological polar surface area (TPSA) is 78.7 Å². The van der Waals surface area contributed by atoms with Gasteiger partial charge in [-0.15, -0.1) is 10.2 Å². The second kappa shape index (κ2) is 7.69. The average Bonchev–Trinajstić information content (AvgIpc) is 3.07. The quantitative estimate of drug-likeness (QED) is 0.554. The molecule has 0 saturated heterocycles. The van der Waals surface area contributed by atoms with Crippen molar-refractivity contribution in [3.05, 3.63) is 58.6 Å². The first-order valence-corrected chi connectivity index (χ1v) is 8.76.